The van der Waals surface area contributed by atoms with Gasteiger partial charge in [0.2, 0.25) is 11.8 Å². The van der Waals surface area contributed by atoms with E-state index in [0.717, 1.165) is 53.4 Å². The van der Waals surface area contributed by atoms with Gasteiger partial charge in [-0.05, 0) is 56.5 Å². The van der Waals surface area contributed by atoms with Crippen molar-refractivity contribution in [3.05, 3.63) is 55.7 Å². The summed E-state index contributed by atoms with van der Waals surface area (Å²) in [5.74, 6) is -0.344. The van der Waals surface area contributed by atoms with E-state index in [1.807, 2.05) is 26.0 Å². The number of nitrogens with two attached hydrogens (primary N) is 1. The molecule has 0 atom stereocenters. The molecule has 0 saturated heterocycles. The molecule has 3 rings (SSSR count). The summed E-state index contributed by atoms with van der Waals surface area (Å²) in [6.45, 7) is 6.26. The average Bonchev–Trinajstić information content (AvgIpc) is 3.06. The first kappa shape index (κ1) is 24.4. The van der Waals surface area contributed by atoms with E-state index < -0.39 is 5.91 Å². The lowest BCUT2D eigenvalue weighted by Gasteiger charge is -2.27. The molecule has 0 fully saturated rings. The number of carbonyl (C=O) groups is 3. The average molecular weight is 476 g/mol. The van der Waals surface area contributed by atoms with Crippen LogP contribution in [-0.4, -0.2) is 41.6 Å². The first-order valence-electron chi connectivity index (χ1n) is 10.9. The quantitative estimate of drug-likeness (QED) is 0.550. The highest BCUT2D eigenvalue weighted by Gasteiger charge is 2.27. The van der Waals surface area contributed by atoms with Gasteiger partial charge >= 0.3 is 0 Å². The summed E-state index contributed by atoms with van der Waals surface area (Å²) < 4.78 is 0. The van der Waals surface area contributed by atoms with Crippen LogP contribution in [0, 0.1) is 0 Å². The minimum absolute atomic E-state index is 0.0430. The molecule has 0 radical (unpaired) electrons. The van der Waals surface area contributed by atoms with E-state index >= 15 is 0 Å². The Bertz CT molecular complexity index is 985. The number of nitrogens with one attached hydrogen (secondary N) is 1. The van der Waals surface area contributed by atoms with Crippen molar-refractivity contribution in [2.24, 2.45) is 5.73 Å². The fourth-order valence-corrected chi connectivity index (χ4v) is 5.60. The molecule has 2 heterocycles. The maximum atomic E-state index is 12.7. The Hall–Kier alpha value is -2.22. The summed E-state index contributed by atoms with van der Waals surface area (Å²) in [5, 5.41) is 3.54. The second-order valence-corrected chi connectivity index (χ2v) is 10.2. The third kappa shape index (κ3) is 6.64. The van der Waals surface area contributed by atoms with Crippen molar-refractivity contribution in [2.75, 3.05) is 13.1 Å². The normalized spacial score (nSPS) is 13.8. The fraction of sp³-hybridized carbons (Fsp3) is 0.458. The number of amides is 2. The number of ketones is 1. The fourth-order valence-electron chi connectivity index (χ4n) is 4.04. The van der Waals surface area contributed by atoms with E-state index in [2.05, 4.69) is 10.2 Å². The number of rotatable bonds is 10. The second-order valence-electron chi connectivity index (χ2n) is 8.54. The standard InChI is InChI=1S/C24H30ClN3O3S/c1-15(2)27-22(30)4-3-10-28-11-9-19-21(14-28)32-20(23(19)24(26)31)13-18(29)12-16-5-7-17(25)8-6-16/h5-8,15H,3-4,9-14H2,1-2H3,(H2,26,31)(H,27,30). The van der Waals surface area contributed by atoms with Gasteiger partial charge in [-0.3, -0.25) is 19.3 Å². The molecule has 1 aliphatic heterocycles. The maximum absolute atomic E-state index is 12.7. The molecule has 2 amide bonds. The summed E-state index contributed by atoms with van der Waals surface area (Å²) in [4.78, 5) is 40.9. The second kappa shape index (κ2) is 11.1. The summed E-state index contributed by atoms with van der Waals surface area (Å²) >= 11 is 7.43. The van der Waals surface area contributed by atoms with Gasteiger partial charge in [-0.2, -0.15) is 0 Å². The van der Waals surface area contributed by atoms with E-state index in [1.165, 1.54) is 11.3 Å². The molecule has 0 spiro atoms. The summed E-state index contributed by atoms with van der Waals surface area (Å²) in [6.07, 6.45) is 2.52. The molecular weight excluding hydrogens is 446 g/mol. The summed E-state index contributed by atoms with van der Waals surface area (Å²) in [5.41, 5.74) is 8.12. The first-order valence-corrected chi connectivity index (χ1v) is 12.1. The smallest absolute Gasteiger partial charge is 0.250 e. The Morgan fingerprint density at radius 2 is 1.91 bits per heavy atom. The molecule has 172 valence electrons. The third-order valence-electron chi connectivity index (χ3n) is 5.46. The Morgan fingerprint density at radius 3 is 2.56 bits per heavy atom. The predicted octanol–water partition coefficient (Wildman–Crippen LogP) is 3.52. The zero-order valence-corrected chi connectivity index (χ0v) is 20.2. The van der Waals surface area contributed by atoms with E-state index in [9.17, 15) is 14.4 Å². The molecule has 0 unspecified atom stereocenters. The number of Topliss-reactive ketones (excluding diaryl/α,β-unsaturated/α-hetero) is 1. The number of primary amides is 1. The van der Waals surface area contributed by atoms with E-state index in [0.29, 0.717) is 23.4 Å². The number of benzene rings is 1. The molecule has 1 aromatic carbocycles. The first-order chi connectivity index (χ1) is 15.2. The molecule has 1 aromatic heterocycles. The van der Waals surface area contributed by atoms with Crippen LogP contribution in [0.15, 0.2) is 24.3 Å². The topological polar surface area (TPSA) is 92.5 Å². The lowest BCUT2D eigenvalue weighted by molar-refractivity contribution is -0.121. The van der Waals surface area contributed by atoms with Crippen LogP contribution in [0.5, 0.6) is 0 Å². The highest BCUT2D eigenvalue weighted by Crippen LogP contribution is 2.34. The lowest BCUT2D eigenvalue weighted by Crippen LogP contribution is -2.33. The largest absolute Gasteiger partial charge is 0.366 e. The van der Waals surface area contributed by atoms with Crippen molar-refractivity contribution in [3.8, 4) is 0 Å². The molecular formula is C24H30ClN3O3S. The maximum Gasteiger partial charge on any atom is 0.250 e. The van der Waals surface area contributed by atoms with Crippen molar-refractivity contribution in [1.82, 2.24) is 10.2 Å². The highest BCUT2D eigenvalue weighted by molar-refractivity contribution is 7.12. The van der Waals surface area contributed by atoms with Crippen molar-refractivity contribution in [3.63, 3.8) is 0 Å². The Morgan fingerprint density at radius 1 is 1.19 bits per heavy atom. The van der Waals surface area contributed by atoms with Crippen LogP contribution in [0.3, 0.4) is 0 Å². The van der Waals surface area contributed by atoms with Crippen LogP contribution < -0.4 is 11.1 Å². The van der Waals surface area contributed by atoms with Crippen LogP contribution in [0.1, 0.15) is 57.9 Å². The molecule has 0 saturated carbocycles. The van der Waals surface area contributed by atoms with Crippen molar-refractivity contribution < 1.29 is 14.4 Å². The van der Waals surface area contributed by atoms with Gasteiger partial charge in [0.15, 0.2) is 0 Å². The Kier molecular flexibility index (Phi) is 8.45. The van der Waals surface area contributed by atoms with Gasteiger partial charge in [-0.25, -0.2) is 0 Å². The van der Waals surface area contributed by atoms with Crippen LogP contribution in [0.4, 0.5) is 0 Å². The Balaban J connectivity index is 1.62. The molecule has 3 N–H and O–H groups in total. The highest BCUT2D eigenvalue weighted by atomic mass is 35.5. The van der Waals surface area contributed by atoms with Crippen molar-refractivity contribution in [2.45, 2.75) is 58.5 Å². The van der Waals surface area contributed by atoms with Gasteiger partial charge in [0.05, 0.1) is 5.56 Å². The number of hydrogen-bond donors (Lipinski definition) is 2. The van der Waals surface area contributed by atoms with Crippen molar-refractivity contribution >= 4 is 40.5 Å². The van der Waals surface area contributed by atoms with Gasteiger partial charge in [-0.1, -0.05) is 23.7 Å². The number of thiophene rings is 1. The number of nitrogens with zero attached hydrogens (tertiary/aromatic N) is 1. The van der Waals surface area contributed by atoms with Crippen LogP contribution in [0.25, 0.3) is 0 Å². The third-order valence-corrected chi connectivity index (χ3v) is 6.92. The minimum Gasteiger partial charge on any atom is -0.366 e. The van der Waals surface area contributed by atoms with E-state index in [4.69, 9.17) is 17.3 Å². The number of carbonyl (C=O) groups excluding carboxylic acids is 3. The zero-order valence-electron chi connectivity index (χ0n) is 18.6. The molecule has 0 bridgehead atoms. The van der Waals surface area contributed by atoms with Crippen LogP contribution >= 0.6 is 22.9 Å². The molecule has 2 aromatic rings. The van der Waals surface area contributed by atoms with Crippen LogP contribution in [0.2, 0.25) is 5.02 Å². The molecule has 32 heavy (non-hydrogen) atoms. The molecule has 1 aliphatic rings. The van der Waals surface area contributed by atoms with Gasteiger partial charge in [0, 0.05) is 53.2 Å². The predicted molar refractivity (Wildman–Crippen MR) is 128 cm³/mol. The summed E-state index contributed by atoms with van der Waals surface area (Å²) in [6, 6.07) is 7.37. The molecule has 6 nitrogen and oxygen atoms in total. The monoisotopic (exact) mass is 475 g/mol. The number of fused-ring (bicyclic) bond motifs is 1. The molecule has 0 aliphatic carbocycles. The van der Waals surface area contributed by atoms with Gasteiger partial charge in [-0.15, -0.1) is 11.3 Å². The van der Waals surface area contributed by atoms with E-state index in [1.54, 1.807) is 12.1 Å². The zero-order chi connectivity index (χ0) is 23.3. The van der Waals surface area contributed by atoms with Crippen LogP contribution in [-0.2, 0) is 35.4 Å². The van der Waals surface area contributed by atoms with Crippen molar-refractivity contribution in [1.29, 1.82) is 0 Å². The SMILES string of the molecule is CC(C)NC(=O)CCCN1CCc2c(sc(CC(=O)Cc3ccc(Cl)cc3)c2C(N)=O)C1. The number of hydrogen-bond acceptors (Lipinski definition) is 5. The van der Waals surface area contributed by atoms with Gasteiger partial charge < -0.3 is 11.1 Å². The minimum atomic E-state index is -0.462. The van der Waals surface area contributed by atoms with E-state index in [-0.39, 0.29) is 24.2 Å². The lowest BCUT2D eigenvalue weighted by atomic mass is 9.98. The molecule has 8 heteroatoms. The number of halogens is 1. The van der Waals surface area contributed by atoms with Gasteiger partial charge in [0.25, 0.3) is 0 Å². The van der Waals surface area contributed by atoms with Gasteiger partial charge in [0.1, 0.15) is 5.78 Å². The Labute approximate surface area is 198 Å². The summed E-state index contributed by atoms with van der Waals surface area (Å²) in [7, 11) is 0.